The molecule has 0 radical (unpaired) electrons. The third-order valence-corrected chi connectivity index (χ3v) is 2.87. The van der Waals surface area contributed by atoms with Crippen molar-refractivity contribution >= 4 is 5.69 Å². The highest BCUT2D eigenvalue weighted by Crippen LogP contribution is 2.23. The molecule has 2 rings (SSSR count). The van der Waals surface area contributed by atoms with Crippen LogP contribution < -0.4 is 10.1 Å². The van der Waals surface area contributed by atoms with Gasteiger partial charge in [-0.05, 0) is 32.0 Å². The second-order valence-corrected chi connectivity index (χ2v) is 4.94. The van der Waals surface area contributed by atoms with Gasteiger partial charge in [0.1, 0.15) is 5.82 Å². The van der Waals surface area contributed by atoms with Crippen LogP contribution in [0.25, 0.3) is 0 Å². The first-order chi connectivity index (χ1) is 10.1. The predicted octanol–water partition coefficient (Wildman–Crippen LogP) is 3.15. The number of pyridine rings is 1. The molecule has 1 heterocycles. The number of benzene rings is 1. The van der Waals surface area contributed by atoms with E-state index in [9.17, 15) is 9.50 Å². The van der Waals surface area contributed by atoms with Gasteiger partial charge in [0, 0.05) is 18.3 Å². The van der Waals surface area contributed by atoms with E-state index in [1.165, 1.54) is 6.07 Å². The number of anilines is 1. The Morgan fingerprint density at radius 3 is 2.71 bits per heavy atom. The Hall–Kier alpha value is -2.14. The van der Waals surface area contributed by atoms with E-state index < -0.39 is 11.9 Å². The van der Waals surface area contributed by atoms with E-state index in [1.807, 2.05) is 13.8 Å². The molecule has 4 nitrogen and oxygen atoms in total. The number of aromatic nitrogens is 1. The SMILES string of the molecule is CC(C)Oc1ncccc1NCC(O)c1ccccc1F. The minimum absolute atomic E-state index is 0.00283. The van der Waals surface area contributed by atoms with Crippen LogP contribution in [0.2, 0.25) is 0 Å². The maximum atomic E-state index is 13.6. The van der Waals surface area contributed by atoms with Crippen molar-refractivity contribution in [3.05, 3.63) is 54.0 Å². The van der Waals surface area contributed by atoms with E-state index in [4.69, 9.17) is 4.74 Å². The van der Waals surface area contributed by atoms with Crippen LogP contribution in [0.3, 0.4) is 0 Å². The molecule has 1 unspecified atom stereocenters. The topological polar surface area (TPSA) is 54.4 Å². The Kier molecular flexibility index (Phi) is 5.11. The molecule has 1 aromatic carbocycles. The zero-order chi connectivity index (χ0) is 15.2. The van der Waals surface area contributed by atoms with Gasteiger partial charge in [0.2, 0.25) is 5.88 Å². The molecule has 112 valence electrons. The minimum Gasteiger partial charge on any atom is -0.473 e. The third-order valence-electron chi connectivity index (χ3n) is 2.87. The highest BCUT2D eigenvalue weighted by atomic mass is 19.1. The molecule has 0 aliphatic carbocycles. The van der Waals surface area contributed by atoms with Gasteiger partial charge in [-0.1, -0.05) is 18.2 Å². The summed E-state index contributed by atoms with van der Waals surface area (Å²) in [6.45, 7) is 3.99. The zero-order valence-electron chi connectivity index (χ0n) is 12.1. The van der Waals surface area contributed by atoms with E-state index in [0.717, 1.165) is 0 Å². The summed E-state index contributed by atoms with van der Waals surface area (Å²) < 4.78 is 19.2. The monoisotopic (exact) mass is 290 g/mol. The van der Waals surface area contributed by atoms with Crippen LogP contribution in [0.1, 0.15) is 25.5 Å². The molecular formula is C16H19FN2O2. The summed E-state index contributed by atoms with van der Waals surface area (Å²) in [5.74, 6) is 0.0462. The van der Waals surface area contributed by atoms with E-state index in [1.54, 1.807) is 36.5 Å². The predicted molar refractivity (Wildman–Crippen MR) is 79.9 cm³/mol. The molecular weight excluding hydrogens is 271 g/mol. The van der Waals surface area contributed by atoms with Crippen molar-refractivity contribution in [2.45, 2.75) is 26.1 Å². The maximum Gasteiger partial charge on any atom is 0.237 e. The summed E-state index contributed by atoms with van der Waals surface area (Å²) in [5.41, 5.74) is 0.932. The minimum atomic E-state index is -0.946. The fourth-order valence-corrected chi connectivity index (χ4v) is 1.90. The molecule has 21 heavy (non-hydrogen) atoms. The van der Waals surface area contributed by atoms with Crippen LogP contribution in [0.4, 0.5) is 10.1 Å². The van der Waals surface area contributed by atoms with Crippen molar-refractivity contribution in [2.75, 3.05) is 11.9 Å². The first kappa shape index (κ1) is 15.3. The number of nitrogens with one attached hydrogen (secondary N) is 1. The van der Waals surface area contributed by atoms with Gasteiger partial charge in [-0.3, -0.25) is 0 Å². The second-order valence-electron chi connectivity index (χ2n) is 4.94. The van der Waals surface area contributed by atoms with E-state index in [-0.39, 0.29) is 18.2 Å². The molecule has 0 saturated heterocycles. The normalized spacial score (nSPS) is 12.2. The average molecular weight is 290 g/mol. The molecule has 0 aliphatic heterocycles. The number of ether oxygens (including phenoxy) is 1. The van der Waals surface area contributed by atoms with Crippen molar-refractivity contribution in [3.63, 3.8) is 0 Å². The van der Waals surface area contributed by atoms with Crippen LogP contribution in [0.15, 0.2) is 42.6 Å². The van der Waals surface area contributed by atoms with Crippen molar-refractivity contribution < 1.29 is 14.2 Å². The maximum absolute atomic E-state index is 13.6. The molecule has 1 aromatic heterocycles. The number of aliphatic hydroxyl groups excluding tert-OH is 1. The zero-order valence-corrected chi connectivity index (χ0v) is 12.1. The summed E-state index contributed by atoms with van der Waals surface area (Å²) in [5, 5.41) is 13.1. The fourth-order valence-electron chi connectivity index (χ4n) is 1.90. The van der Waals surface area contributed by atoms with Crippen LogP contribution >= 0.6 is 0 Å². The number of aliphatic hydroxyl groups is 1. The quantitative estimate of drug-likeness (QED) is 0.858. The molecule has 5 heteroatoms. The van der Waals surface area contributed by atoms with Crippen LogP contribution in [-0.4, -0.2) is 22.7 Å². The van der Waals surface area contributed by atoms with Gasteiger partial charge in [0.25, 0.3) is 0 Å². The van der Waals surface area contributed by atoms with Crippen molar-refractivity contribution in [1.29, 1.82) is 0 Å². The van der Waals surface area contributed by atoms with E-state index in [2.05, 4.69) is 10.3 Å². The summed E-state index contributed by atoms with van der Waals surface area (Å²) in [7, 11) is 0. The lowest BCUT2D eigenvalue weighted by Gasteiger charge is -2.17. The molecule has 0 bridgehead atoms. The second kappa shape index (κ2) is 7.04. The lowest BCUT2D eigenvalue weighted by atomic mass is 10.1. The van der Waals surface area contributed by atoms with Gasteiger partial charge in [-0.2, -0.15) is 0 Å². The van der Waals surface area contributed by atoms with Crippen LogP contribution in [0, 0.1) is 5.82 Å². The molecule has 0 amide bonds. The van der Waals surface area contributed by atoms with Crippen molar-refractivity contribution in [3.8, 4) is 5.88 Å². The van der Waals surface area contributed by atoms with Gasteiger partial charge in [-0.15, -0.1) is 0 Å². The summed E-state index contributed by atoms with van der Waals surface area (Å²) in [6.07, 6.45) is 0.686. The summed E-state index contributed by atoms with van der Waals surface area (Å²) >= 11 is 0. The van der Waals surface area contributed by atoms with Gasteiger partial charge >= 0.3 is 0 Å². The lowest BCUT2D eigenvalue weighted by Crippen LogP contribution is -2.15. The van der Waals surface area contributed by atoms with E-state index >= 15 is 0 Å². The molecule has 0 spiro atoms. The highest BCUT2D eigenvalue weighted by Gasteiger charge is 2.13. The average Bonchev–Trinajstić information content (AvgIpc) is 2.46. The molecule has 0 saturated carbocycles. The number of hydrogen-bond donors (Lipinski definition) is 2. The number of hydrogen-bond acceptors (Lipinski definition) is 4. The summed E-state index contributed by atoms with van der Waals surface area (Å²) in [4.78, 5) is 4.15. The fraction of sp³-hybridized carbons (Fsp3) is 0.312. The Morgan fingerprint density at radius 2 is 2.00 bits per heavy atom. The molecule has 0 fully saturated rings. The lowest BCUT2D eigenvalue weighted by molar-refractivity contribution is 0.186. The smallest absolute Gasteiger partial charge is 0.237 e. The Bertz CT molecular complexity index is 590. The highest BCUT2D eigenvalue weighted by molar-refractivity contribution is 5.52. The first-order valence-electron chi connectivity index (χ1n) is 6.86. The summed E-state index contributed by atoms with van der Waals surface area (Å²) in [6, 6.07) is 9.75. The van der Waals surface area contributed by atoms with Gasteiger partial charge < -0.3 is 15.2 Å². The number of nitrogens with zero attached hydrogens (tertiary/aromatic N) is 1. The Balaban J connectivity index is 2.05. The van der Waals surface area contributed by atoms with Gasteiger partial charge in [0.05, 0.1) is 17.9 Å². The number of rotatable bonds is 6. The molecule has 0 aliphatic rings. The van der Waals surface area contributed by atoms with Crippen LogP contribution in [0.5, 0.6) is 5.88 Å². The number of halogens is 1. The van der Waals surface area contributed by atoms with Crippen LogP contribution in [-0.2, 0) is 0 Å². The third kappa shape index (κ3) is 4.16. The standard InChI is InChI=1S/C16H19FN2O2/c1-11(2)21-16-14(8-5-9-18-16)19-10-15(20)12-6-3-4-7-13(12)17/h3-9,11,15,19-20H,10H2,1-2H3. The molecule has 2 N–H and O–H groups in total. The Labute approximate surface area is 123 Å². The molecule has 1 atom stereocenters. The van der Waals surface area contributed by atoms with E-state index in [0.29, 0.717) is 11.6 Å². The van der Waals surface area contributed by atoms with Crippen molar-refractivity contribution in [2.24, 2.45) is 0 Å². The Morgan fingerprint density at radius 1 is 1.24 bits per heavy atom. The van der Waals surface area contributed by atoms with Gasteiger partial charge in [0.15, 0.2) is 0 Å². The molecule has 2 aromatic rings. The van der Waals surface area contributed by atoms with Crippen molar-refractivity contribution in [1.82, 2.24) is 4.98 Å². The van der Waals surface area contributed by atoms with Gasteiger partial charge in [-0.25, -0.2) is 9.37 Å². The largest absolute Gasteiger partial charge is 0.473 e. The first-order valence-corrected chi connectivity index (χ1v) is 6.86.